The van der Waals surface area contributed by atoms with Crippen molar-refractivity contribution in [2.24, 2.45) is 4.99 Å². The maximum absolute atomic E-state index is 13.3. The number of allylic oxidation sites excluding steroid dienone is 1. The van der Waals surface area contributed by atoms with Gasteiger partial charge in [0.2, 0.25) is 0 Å². The Hall–Kier alpha value is -3.13. The molecular formula is C17H12FN3O3S. The van der Waals surface area contributed by atoms with Crippen LogP contribution in [0.2, 0.25) is 0 Å². The summed E-state index contributed by atoms with van der Waals surface area (Å²) < 4.78 is 15.6. The highest BCUT2D eigenvalue weighted by atomic mass is 32.1. The van der Waals surface area contributed by atoms with Gasteiger partial charge in [-0.05, 0) is 24.3 Å². The molecule has 0 N–H and O–H groups in total. The number of hydrogen-bond donors (Lipinski definition) is 0. The number of nitrogens with zero attached hydrogens (tertiary/aromatic N) is 3. The van der Waals surface area contributed by atoms with Crippen molar-refractivity contribution < 1.29 is 14.1 Å². The summed E-state index contributed by atoms with van der Waals surface area (Å²) >= 11 is 1.15. The third kappa shape index (κ3) is 3.38. The van der Waals surface area contributed by atoms with Crippen LogP contribution in [0.4, 0.5) is 10.1 Å². The van der Waals surface area contributed by atoms with Crippen LogP contribution < -0.4 is 4.80 Å². The predicted molar refractivity (Wildman–Crippen MR) is 93.0 cm³/mol. The monoisotopic (exact) mass is 357 g/mol. The number of rotatable bonds is 4. The SMILES string of the molecule is C=CCn1c(=NC(=O)c2cccc(F)c2)sc2cc([N+](=O)[O-])ccc21. The third-order valence-corrected chi connectivity index (χ3v) is 4.50. The average molecular weight is 357 g/mol. The number of nitro groups is 1. The summed E-state index contributed by atoms with van der Waals surface area (Å²) in [4.78, 5) is 27.2. The van der Waals surface area contributed by atoms with Gasteiger partial charge in [0.05, 0.1) is 15.1 Å². The van der Waals surface area contributed by atoms with E-state index in [9.17, 15) is 19.3 Å². The molecule has 0 radical (unpaired) electrons. The molecule has 2 aromatic carbocycles. The highest BCUT2D eigenvalue weighted by molar-refractivity contribution is 7.16. The first-order chi connectivity index (χ1) is 12.0. The van der Waals surface area contributed by atoms with Crippen molar-refractivity contribution in [1.82, 2.24) is 4.57 Å². The first-order valence-corrected chi connectivity index (χ1v) is 8.04. The summed E-state index contributed by atoms with van der Waals surface area (Å²) in [6, 6.07) is 9.71. The van der Waals surface area contributed by atoms with Crippen LogP contribution in [0, 0.1) is 15.9 Å². The summed E-state index contributed by atoms with van der Waals surface area (Å²) in [5, 5.41) is 10.9. The van der Waals surface area contributed by atoms with E-state index in [4.69, 9.17) is 0 Å². The van der Waals surface area contributed by atoms with Crippen molar-refractivity contribution in [3.8, 4) is 0 Å². The molecule has 8 heteroatoms. The Morgan fingerprint density at radius 3 is 2.84 bits per heavy atom. The fourth-order valence-electron chi connectivity index (χ4n) is 2.34. The van der Waals surface area contributed by atoms with Gasteiger partial charge in [0.15, 0.2) is 4.80 Å². The van der Waals surface area contributed by atoms with Crippen LogP contribution in [-0.4, -0.2) is 15.4 Å². The summed E-state index contributed by atoms with van der Waals surface area (Å²) in [7, 11) is 0. The van der Waals surface area contributed by atoms with E-state index in [1.807, 2.05) is 0 Å². The number of benzene rings is 2. The fourth-order valence-corrected chi connectivity index (χ4v) is 3.41. The number of thiazole rings is 1. The number of fused-ring (bicyclic) bond motifs is 1. The van der Waals surface area contributed by atoms with Crippen molar-refractivity contribution in [1.29, 1.82) is 0 Å². The molecule has 0 spiro atoms. The maximum atomic E-state index is 13.3. The van der Waals surface area contributed by atoms with E-state index >= 15 is 0 Å². The molecule has 6 nitrogen and oxygen atoms in total. The molecule has 1 aromatic heterocycles. The van der Waals surface area contributed by atoms with Gasteiger partial charge in [0.1, 0.15) is 5.82 Å². The second kappa shape index (κ2) is 6.78. The van der Waals surface area contributed by atoms with Crippen LogP contribution in [0.5, 0.6) is 0 Å². The molecule has 0 saturated carbocycles. The number of aromatic nitrogens is 1. The lowest BCUT2D eigenvalue weighted by Gasteiger charge is -2.01. The number of amides is 1. The molecule has 0 fully saturated rings. The Morgan fingerprint density at radius 2 is 2.16 bits per heavy atom. The molecular weight excluding hydrogens is 345 g/mol. The molecule has 0 aliphatic carbocycles. The van der Waals surface area contributed by atoms with Crippen molar-refractivity contribution in [3.63, 3.8) is 0 Å². The molecule has 0 bridgehead atoms. The first kappa shape index (κ1) is 16.7. The number of non-ortho nitro benzene ring substituents is 1. The molecule has 3 aromatic rings. The lowest BCUT2D eigenvalue weighted by Crippen LogP contribution is -2.16. The molecule has 0 atom stereocenters. The Morgan fingerprint density at radius 1 is 1.36 bits per heavy atom. The zero-order chi connectivity index (χ0) is 18.0. The van der Waals surface area contributed by atoms with E-state index in [0.717, 1.165) is 17.4 Å². The van der Waals surface area contributed by atoms with Crippen molar-refractivity contribution in [3.05, 3.63) is 81.4 Å². The van der Waals surface area contributed by atoms with Gasteiger partial charge in [-0.1, -0.05) is 23.5 Å². The molecule has 126 valence electrons. The van der Waals surface area contributed by atoms with Gasteiger partial charge in [-0.2, -0.15) is 4.99 Å². The Bertz CT molecular complexity index is 1070. The number of hydrogen-bond acceptors (Lipinski definition) is 4. The predicted octanol–water partition coefficient (Wildman–Crippen LogP) is 3.68. The molecule has 25 heavy (non-hydrogen) atoms. The van der Waals surface area contributed by atoms with Crippen molar-refractivity contribution in [2.75, 3.05) is 0 Å². The first-order valence-electron chi connectivity index (χ1n) is 7.23. The molecule has 1 amide bonds. The van der Waals surface area contributed by atoms with Gasteiger partial charge in [-0.3, -0.25) is 14.9 Å². The molecule has 0 aliphatic rings. The van der Waals surface area contributed by atoms with Gasteiger partial charge in [0.25, 0.3) is 11.6 Å². The third-order valence-electron chi connectivity index (χ3n) is 3.46. The Kier molecular flexibility index (Phi) is 4.53. The van der Waals surface area contributed by atoms with Crippen LogP contribution in [0.1, 0.15) is 10.4 Å². The molecule has 1 heterocycles. The summed E-state index contributed by atoms with van der Waals surface area (Å²) in [6.45, 7) is 4.06. The van der Waals surface area contributed by atoms with Crippen LogP contribution in [0.3, 0.4) is 0 Å². The Balaban J connectivity index is 2.16. The maximum Gasteiger partial charge on any atom is 0.279 e. The van der Waals surface area contributed by atoms with Gasteiger partial charge >= 0.3 is 0 Å². The number of carbonyl (C=O) groups is 1. The Labute approximate surface area is 145 Å². The zero-order valence-corrected chi connectivity index (χ0v) is 13.7. The van der Waals surface area contributed by atoms with E-state index < -0.39 is 16.6 Å². The molecule has 0 unspecified atom stereocenters. The van der Waals surface area contributed by atoms with Gasteiger partial charge < -0.3 is 4.57 Å². The van der Waals surface area contributed by atoms with E-state index in [0.29, 0.717) is 21.6 Å². The fraction of sp³-hybridized carbons (Fsp3) is 0.0588. The molecule has 3 rings (SSSR count). The topological polar surface area (TPSA) is 77.5 Å². The van der Waals surface area contributed by atoms with E-state index in [1.165, 1.54) is 30.3 Å². The normalized spacial score (nSPS) is 11.6. The van der Waals surface area contributed by atoms with Crippen molar-refractivity contribution in [2.45, 2.75) is 6.54 Å². The van der Waals surface area contributed by atoms with E-state index in [1.54, 1.807) is 16.7 Å². The number of halogens is 1. The summed E-state index contributed by atoms with van der Waals surface area (Å²) in [5.41, 5.74) is 0.803. The largest absolute Gasteiger partial charge is 0.312 e. The molecule has 0 saturated heterocycles. The minimum atomic E-state index is -0.585. The van der Waals surface area contributed by atoms with E-state index in [-0.39, 0.29) is 11.3 Å². The summed E-state index contributed by atoms with van der Waals surface area (Å²) in [5.74, 6) is -1.11. The van der Waals surface area contributed by atoms with Crippen LogP contribution in [0.15, 0.2) is 60.1 Å². The van der Waals surface area contributed by atoms with Gasteiger partial charge in [-0.25, -0.2) is 4.39 Å². The second-order valence-corrected chi connectivity index (χ2v) is 6.13. The molecule has 0 aliphatic heterocycles. The number of carbonyl (C=O) groups excluding carboxylic acids is 1. The van der Waals surface area contributed by atoms with Crippen LogP contribution >= 0.6 is 11.3 Å². The smallest absolute Gasteiger partial charge is 0.279 e. The van der Waals surface area contributed by atoms with E-state index in [2.05, 4.69) is 11.6 Å². The standard InChI is InChI=1S/C17H12FN3O3S/c1-2-8-20-14-7-6-13(21(23)24)10-15(14)25-17(20)19-16(22)11-4-3-5-12(18)9-11/h2-7,9-10H,1,8H2. The van der Waals surface area contributed by atoms with Gasteiger partial charge in [-0.15, -0.1) is 6.58 Å². The minimum absolute atomic E-state index is 0.0393. The summed E-state index contributed by atoms with van der Waals surface area (Å²) in [6.07, 6.45) is 1.64. The second-order valence-electron chi connectivity index (χ2n) is 5.12. The minimum Gasteiger partial charge on any atom is -0.312 e. The quantitative estimate of drug-likeness (QED) is 0.406. The lowest BCUT2D eigenvalue weighted by atomic mass is 10.2. The number of nitro benzene ring substituents is 1. The average Bonchev–Trinajstić information content (AvgIpc) is 2.92. The highest BCUT2D eigenvalue weighted by Crippen LogP contribution is 2.23. The van der Waals surface area contributed by atoms with Gasteiger partial charge in [0, 0.05) is 24.2 Å². The van der Waals surface area contributed by atoms with Crippen LogP contribution in [-0.2, 0) is 6.54 Å². The van der Waals surface area contributed by atoms with Crippen LogP contribution in [0.25, 0.3) is 10.2 Å². The highest BCUT2D eigenvalue weighted by Gasteiger charge is 2.13. The lowest BCUT2D eigenvalue weighted by molar-refractivity contribution is -0.384. The zero-order valence-electron chi connectivity index (χ0n) is 12.9. The van der Waals surface area contributed by atoms with Crippen molar-refractivity contribution >= 4 is 33.1 Å².